The molecule has 0 aliphatic carbocycles. The van der Waals surface area contributed by atoms with E-state index in [1.807, 2.05) is 23.1 Å². The van der Waals surface area contributed by atoms with E-state index in [-0.39, 0.29) is 24.3 Å². The number of hydrogen-bond acceptors (Lipinski definition) is 4. The highest BCUT2D eigenvalue weighted by molar-refractivity contribution is 5.88. The Balaban J connectivity index is 1.76. The summed E-state index contributed by atoms with van der Waals surface area (Å²) in [7, 11) is 0. The summed E-state index contributed by atoms with van der Waals surface area (Å²) >= 11 is 0. The monoisotopic (exact) mass is 299 g/mol. The molecule has 1 atom stereocenters. The number of carbonyl (C=O) groups is 2. The van der Waals surface area contributed by atoms with E-state index in [0.717, 1.165) is 6.42 Å². The van der Waals surface area contributed by atoms with Gasteiger partial charge in [0, 0.05) is 6.54 Å². The van der Waals surface area contributed by atoms with Gasteiger partial charge in [0.05, 0.1) is 6.04 Å². The Bertz CT molecular complexity index is 724. The van der Waals surface area contributed by atoms with E-state index in [1.165, 1.54) is 22.1 Å². The van der Waals surface area contributed by atoms with E-state index in [2.05, 4.69) is 23.1 Å². The number of rotatable bonds is 4. The molecule has 1 aliphatic rings. The lowest BCUT2D eigenvalue weighted by Crippen LogP contribution is -2.32. The topological polar surface area (TPSA) is 94.1 Å². The van der Waals surface area contributed by atoms with Crippen molar-refractivity contribution in [1.82, 2.24) is 19.7 Å². The molecule has 3 rings (SSSR count). The number of aromatic nitrogens is 3. The number of benzene rings is 1. The molecule has 1 aliphatic heterocycles. The zero-order chi connectivity index (χ0) is 15.7. The lowest BCUT2D eigenvalue weighted by Gasteiger charge is -2.24. The molecule has 22 heavy (non-hydrogen) atoms. The van der Waals surface area contributed by atoms with Crippen LogP contribution in [0.2, 0.25) is 0 Å². The first-order valence-corrected chi connectivity index (χ1v) is 7.16. The largest absolute Gasteiger partial charge is 0.363 e. The summed E-state index contributed by atoms with van der Waals surface area (Å²) in [5.41, 5.74) is 7.49. The van der Waals surface area contributed by atoms with Crippen molar-refractivity contribution in [3.05, 3.63) is 47.5 Å². The minimum Gasteiger partial charge on any atom is -0.363 e. The maximum atomic E-state index is 12.6. The third-order valence-electron chi connectivity index (χ3n) is 3.89. The van der Waals surface area contributed by atoms with Gasteiger partial charge in [-0.3, -0.25) is 9.59 Å². The molecule has 0 bridgehead atoms. The fourth-order valence-electron chi connectivity index (χ4n) is 2.88. The Hall–Kier alpha value is -2.70. The molecule has 0 saturated carbocycles. The standard InChI is InChI=1S/C15H17N5O2/c1-2-12-11-6-4-3-5-10(11)7-20(12)13(21)8-19-9-17-15(18-19)14(16)22/h3-6,9,12H,2,7-8H2,1H3,(H2,16,22). The second kappa shape index (κ2) is 5.59. The zero-order valence-corrected chi connectivity index (χ0v) is 12.3. The van der Waals surface area contributed by atoms with Crippen LogP contribution in [0.4, 0.5) is 0 Å². The van der Waals surface area contributed by atoms with Crippen molar-refractivity contribution in [2.45, 2.75) is 32.5 Å². The summed E-state index contributed by atoms with van der Waals surface area (Å²) in [4.78, 5) is 29.2. The first-order chi connectivity index (χ1) is 10.6. The lowest BCUT2D eigenvalue weighted by molar-refractivity contribution is -0.134. The Morgan fingerprint density at radius 2 is 2.14 bits per heavy atom. The first-order valence-electron chi connectivity index (χ1n) is 7.16. The second-order valence-electron chi connectivity index (χ2n) is 5.27. The minimum absolute atomic E-state index is 0.0464. The molecule has 114 valence electrons. The first kappa shape index (κ1) is 14.2. The Kier molecular flexibility index (Phi) is 3.62. The van der Waals surface area contributed by atoms with Crippen LogP contribution in [0.5, 0.6) is 0 Å². The molecule has 0 spiro atoms. The molecule has 2 amide bonds. The maximum Gasteiger partial charge on any atom is 0.288 e. The van der Waals surface area contributed by atoms with Crippen LogP contribution in [0.25, 0.3) is 0 Å². The Morgan fingerprint density at radius 3 is 2.82 bits per heavy atom. The van der Waals surface area contributed by atoms with Gasteiger partial charge >= 0.3 is 0 Å². The van der Waals surface area contributed by atoms with Crippen LogP contribution in [-0.4, -0.2) is 31.5 Å². The van der Waals surface area contributed by atoms with Gasteiger partial charge in [-0.2, -0.15) is 0 Å². The van der Waals surface area contributed by atoms with Crippen LogP contribution in [0.3, 0.4) is 0 Å². The Labute approximate surface area is 127 Å². The van der Waals surface area contributed by atoms with E-state index in [0.29, 0.717) is 6.54 Å². The number of nitrogens with two attached hydrogens (primary N) is 1. The number of hydrogen-bond donors (Lipinski definition) is 1. The van der Waals surface area contributed by atoms with Gasteiger partial charge in [0.25, 0.3) is 5.91 Å². The van der Waals surface area contributed by atoms with Gasteiger partial charge in [-0.05, 0) is 17.5 Å². The number of primary amides is 1. The molecule has 7 nitrogen and oxygen atoms in total. The minimum atomic E-state index is -0.703. The molecular formula is C15H17N5O2. The number of nitrogens with zero attached hydrogens (tertiary/aromatic N) is 4. The second-order valence-corrected chi connectivity index (χ2v) is 5.27. The summed E-state index contributed by atoms with van der Waals surface area (Å²) in [6.45, 7) is 2.71. The fourth-order valence-corrected chi connectivity index (χ4v) is 2.88. The fraction of sp³-hybridized carbons (Fsp3) is 0.333. The van der Waals surface area contributed by atoms with Crippen molar-refractivity contribution in [3.63, 3.8) is 0 Å². The summed E-state index contributed by atoms with van der Waals surface area (Å²) in [5, 5.41) is 3.90. The highest BCUT2D eigenvalue weighted by atomic mass is 16.2. The van der Waals surface area contributed by atoms with Gasteiger partial charge in [0.1, 0.15) is 12.9 Å². The molecule has 1 aromatic heterocycles. The molecule has 1 unspecified atom stereocenters. The van der Waals surface area contributed by atoms with E-state index >= 15 is 0 Å². The number of amides is 2. The smallest absolute Gasteiger partial charge is 0.288 e. The zero-order valence-electron chi connectivity index (χ0n) is 12.3. The summed E-state index contributed by atoms with van der Waals surface area (Å²) in [6, 6.07) is 8.17. The average molecular weight is 299 g/mol. The summed E-state index contributed by atoms with van der Waals surface area (Å²) in [6.07, 6.45) is 2.20. The summed E-state index contributed by atoms with van der Waals surface area (Å²) < 4.78 is 1.35. The van der Waals surface area contributed by atoms with Crippen LogP contribution in [0.1, 0.15) is 41.1 Å². The van der Waals surface area contributed by atoms with Crippen LogP contribution in [0.15, 0.2) is 30.6 Å². The van der Waals surface area contributed by atoms with Crippen LogP contribution >= 0.6 is 0 Å². The molecule has 0 fully saturated rings. The lowest BCUT2D eigenvalue weighted by atomic mass is 10.0. The predicted octanol–water partition coefficient (Wildman–Crippen LogP) is 0.870. The maximum absolute atomic E-state index is 12.6. The van der Waals surface area contributed by atoms with Crippen LogP contribution < -0.4 is 5.73 Å². The molecule has 2 heterocycles. The van der Waals surface area contributed by atoms with Crippen molar-refractivity contribution in [2.24, 2.45) is 5.73 Å². The SMILES string of the molecule is CCC1c2ccccc2CN1C(=O)Cn1cnc(C(N)=O)n1. The van der Waals surface area contributed by atoms with Gasteiger partial charge in [0.15, 0.2) is 0 Å². The van der Waals surface area contributed by atoms with Gasteiger partial charge in [0.2, 0.25) is 11.7 Å². The van der Waals surface area contributed by atoms with Crippen molar-refractivity contribution < 1.29 is 9.59 Å². The average Bonchev–Trinajstić information content (AvgIpc) is 3.10. The van der Waals surface area contributed by atoms with E-state index in [4.69, 9.17) is 5.73 Å². The van der Waals surface area contributed by atoms with Gasteiger partial charge in [-0.15, -0.1) is 5.10 Å². The van der Waals surface area contributed by atoms with E-state index < -0.39 is 5.91 Å². The third kappa shape index (κ3) is 2.45. The van der Waals surface area contributed by atoms with Gasteiger partial charge in [-0.1, -0.05) is 31.2 Å². The van der Waals surface area contributed by atoms with Crippen molar-refractivity contribution in [3.8, 4) is 0 Å². The van der Waals surface area contributed by atoms with Crippen LogP contribution in [-0.2, 0) is 17.9 Å². The van der Waals surface area contributed by atoms with E-state index in [9.17, 15) is 9.59 Å². The van der Waals surface area contributed by atoms with Crippen molar-refractivity contribution in [2.75, 3.05) is 0 Å². The molecular weight excluding hydrogens is 282 g/mol. The molecule has 0 saturated heterocycles. The number of fused-ring (bicyclic) bond motifs is 1. The molecule has 2 aromatic rings. The summed E-state index contributed by atoms with van der Waals surface area (Å²) in [5.74, 6) is -0.834. The van der Waals surface area contributed by atoms with E-state index in [1.54, 1.807) is 0 Å². The molecule has 1 aromatic carbocycles. The molecule has 2 N–H and O–H groups in total. The van der Waals surface area contributed by atoms with Crippen molar-refractivity contribution in [1.29, 1.82) is 0 Å². The highest BCUT2D eigenvalue weighted by Crippen LogP contribution is 2.35. The van der Waals surface area contributed by atoms with Gasteiger partial charge in [-0.25, -0.2) is 9.67 Å². The highest BCUT2D eigenvalue weighted by Gasteiger charge is 2.32. The molecule has 0 radical (unpaired) electrons. The number of carbonyl (C=O) groups excluding carboxylic acids is 2. The van der Waals surface area contributed by atoms with Crippen molar-refractivity contribution >= 4 is 11.8 Å². The van der Waals surface area contributed by atoms with Gasteiger partial charge < -0.3 is 10.6 Å². The van der Waals surface area contributed by atoms with Crippen LogP contribution in [0, 0.1) is 0 Å². The predicted molar refractivity (Wildman–Crippen MR) is 78.6 cm³/mol. The molecule has 7 heteroatoms. The quantitative estimate of drug-likeness (QED) is 0.906. The third-order valence-corrected chi connectivity index (χ3v) is 3.89. The normalized spacial score (nSPS) is 16.6. The Morgan fingerprint density at radius 1 is 1.36 bits per heavy atom.